The highest BCUT2D eigenvalue weighted by Crippen LogP contribution is 2.17. The predicted molar refractivity (Wildman–Crippen MR) is 61.7 cm³/mol. The van der Waals surface area contributed by atoms with Crippen LogP contribution in [0.15, 0.2) is 30.3 Å². The maximum Gasteiger partial charge on any atom is 0.246 e. The number of nitrogens with zero attached hydrogens (tertiary/aromatic N) is 1. The molecule has 0 N–H and O–H groups in total. The molecule has 64 valence electrons. The number of alkyl halides is 1. The molecule has 4 heteroatoms. The van der Waals surface area contributed by atoms with Gasteiger partial charge in [-0.2, -0.15) is 0 Å². The molecule has 0 spiro atoms. The highest BCUT2D eigenvalue weighted by molar-refractivity contribution is 14.1. The highest BCUT2D eigenvalue weighted by Gasteiger charge is 2.09. The van der Waals surface area contributed by atoms with E-state index in [2.05, 4.69) is 16.1 Å². The lowest BCUT2D eigenvalue weighted by atomic mass is 10.3. The van der Waals surface area contributed by atoms with Crippen molar-refractivity contribution >= 4 is 50.3 Å². The van der Waals surface area contributed by atoms with Gasteiger partial charge in [-0.15, -0.1) is 0 Å². The molecule has 0 heterocycles. The van der Waals surface area contributed by atoms with Crippen LogP contribution in [0.1, 0.15) is 0 Å². The molecule has 12 heavy (non-hydrogen) atoms. The summed E-state index contributed by atoms with van der Waals surface area (Å²) in [6, 6.07) is 9.45. The molecule has 1 aromatic rings. The zero-order valence-electron chi connectivity index (χ0n) is 6.21. The van der Waals surface area contributed by atoms with Crippen LogP contribution in [-0.4, -0.2) is 10.3 Å². The quantitative estimate of drug-likeness (QED) is 0.461. The molecule has 0 bridgehead atoms. The second kappa shape index (κ2) is 4.81. The number of rotatable bonds is 2. The van der Waals surface area contributed by atoms with Crippen LogP contribution in [0, 0.1) is 0 Å². The molecule has 0 aromatic heterocycles. The van der Waals surface area contributed by atoms with Gasteiger partial charge < -0.3 is 0 Å². The lowest BCUT2D eigenvalue weighted by Crippen LogP contribution is -2.20. The maximum atomic E-state index is 11.2. The summed E-state index contributed by atoms with van der Waals surface area (Å²) in [5.74, 6) is 0.0433. The number of hydrogen-bond donors (Lipinski definition) is 0. The monoisotopic (exact) mass is 339 g/mol. The molecule has 0 fully saturated rings. The third-order valence-corrected chi connectivity index (χ3v) is 2.77. The Morgan fingerprint density at radius 2 is 2.00 bits per heavy atom. The summed E-state index contributed by atoms with van der Waals surface area (Å²) in [5.41, 5.74) is 0.860. The fourth-order valence-electron chi connectivity index (χ4n) is 0.755. The molecular weight excluding hydrogens is 333 g/mol. The van der Waals surface area contributed by atoms with Gasteiger partial charge in [0.2, 0.25) is 5.91 Å². The van der Waals surface area contributed by atoms with Gasteiger partial charge in [-0.25, -0.2) is 3.93 Å². The first-order valence-corrected chi connectivity index (χ1v) is 5.59. The second-order valence-electron chi connectivity index (χ2n) is 2.14. The van der Waals surface area contributed by atoms with E-state index in [1.165, 1.54) is 3.93 Å². The van der Waals surface area contributed by atoms with Crippen molar-refractivity contribution in [3.05, 3.63) is 30.3 Å². The Kier molecular flexibility index (Phi) is 4.00. The van der Waals surface area contributed by atoms with Crippen molar-refractivity contribution in [3.8, 4) is 0 Å². The summed E-state index contributed by atoms with van der Waals surface area (Å²) < 4.78 is 1.94. The van der Waals surface area contributed by atoms with Crippen molar-refractivity contribution in [2.24, 2.45) is 0 Å². The van der Waals surface area contributed by atoms with Gasteiger partial charge in [-0.05, 0) is 12.1 Å². The number of hydrogen-bond acceptors (Lipinski definition) is 1. The van der Waals surface area contributed by atoms with E-state index in [4.69, 9.17) is 0 Å². The Morgan fingerprint density at radius 3 is 2.50 bits per heavy atom. The van der Waals surface area contributed by atoms with Crippen LogP contribution < -0.4 is 3.93 Å². The molecule has 0 aliphatic heterocycles. The Balaban J connectivity index is 2.78. The summed E-state index contributed by atoms with van der Waals surface area (Å²) >= 11 is 5.22. The molecule has 1 amide bonds. The minimum absolute atomic E-state index is 0.0433. The average Bonchev–Trinajstić information content (AvgIpc) is 2.17. The van der Waals surface area contributed by atoms with Gasteiger partial charge >= 0.3 is 0 Å². The molecule has 0 saturated carbocycles. The zero-order valence-corrected chi connectivity index (χ0v) is 9.95. The van der Waals surface area contributed by atoms with E-state index in [0.717, 1.165) is 5.69 Å². The van der Waals surface area contributed by atoms with Crippen LogP contribution in [0.25, 0.3) is 0 Å². The number of para-hydroxylation sites is 1. The number of halogens is 2. The standard InChI is InChI=1S/C8H7BrINO/c9-11(8(12)6-10)7-4-2-1-3-5-7/h1-5H,6H2. The second-order valence-corrected chi connectivity index (χ2v) is 3.62. The fraction of sp³-hybridized carbons (Fsp3) is 0.125. The Morgan fingerprint density at radius 1 is 1.42 bits per heavy atom. The van der Waals surface area contributed by atoms with Crippen LogP contribution in [-0.2, 0) is 4.79 Å². The summed E-state index contributed by atoms with van der Waals surface area (Å²) in [4.78, 5) is 11.2. The predicted octanol–water partition coefficient (Wildman–Crippen LogP) is 2.76. The van der Waals surface area contributed by atoms with Gasteiger partial charge in [-0.3, -0.25) is 4.79 Å². The molecular formula is C8H7BrINO. The number of benzene rings is 1. The van der Waals surface area contributed by atoms with Gasteiger partial charge in [-0.1, -0.05) is 40.8 Å². The smallest absolute Gasteiger partial charge is 0.246 e. The molecule has 0 saturated heterocycles. The first-order valence-electron chi connectivity index (χ1n) is 3.35. The minimum atomic E-state index is 0.0433. The van der Waals surface area contributed by atoms with Crippen molar-refractivity contribution in [2.75, 3.05) is 8.35 Å². The van der Waals surface area contributed by atoms with Gasteiger partial charge in [0.05, 0.1) is 26.3 Å². The SMILES string of the molecule is O=C(CI)N(Br)c1ccccc1. The maximum absolute atomic E-state index is 11.2. The average molecular weight is 340 g/mol. The van der Waals surface area contributed by atoms with Crippen LogP contribution in [0.2, 0.25) is 0 Å². The lowest BCUT2D eigenvalue weighted by molar-refractivity contribution is -0.114. The summed E-state index contributed by atoms with van der Waals surface area (Å²) in [7, 11) is 0. The number of carbonyl (C=O) groups excluding carboxylic acids is 1. The number of amides is 1. The van der Waals surface area contributed by atoms with Crippen molar-refractivity contribution < 1.29 is 4.79 Å². The normalized spacial score (nSPS) is 9.50. The van der Waals surface area contributed by atoms with Crippen molar-refractivity contribution in [2.45, 2.75) is 0 Å². The summed E-state index contributed by atoms with van der Waals surface area (Å²) in [5, 5.41) is 0. The zero-order chi connectivity index (χ0) is 8.97. The van der Waals surface area contributed by atoms with Gasteiger partial charge in [0.15, 0.2) is 0 Å². The van der Waals surface area contributed by atoms with Gasteiger partial charge in [0.25, 0.3) is 0 Å². The third-order valence-electron chi connectivity index (χ3n) is 1.32. The Hall–Kier alpha value is -0.100. The lowest BCUT2D eigenvalue weighted by Gasteiger charge is -2.11. The van der Waals surface area contributed by atoms with E-state index >= 15 is 0 Å². The minimum Gasteiger partial charge on any atom is -0.273 e. The first kappa shape index (κ1) is 9.98. The highest BCUT2D eigenvalue weighted by atomic mass is 127. The van der Waals surface area contributed by atoms with E-state index in [0.29, 0.717) is 4.43 Å². The first-order chi connectivity index (χ1) is 5.75. The molecule has 0 aliphatic rings. The van der Waals surface area contributed by atoms with E-state index in [-0.39, 0.29) is 5.91 Å². The van der Waals surface area contributed by atoms with Gasteiger partial charge in [0.1, 0.15) is 0 Å². The van der Waals surface area contributed by atoms with Crippen LogP contribution >= 0.6 is 38.7 Å². The molecule has 1 rings (SSSR count). The molecule has 1 aromatic carbocycles. The van der Waals surface area contributed by atoms with Crippen molar-refractivity contribution in [1.82, 2.24) is 0 Å². The van der Waals surface area contributed by atoms with E-state index < -0.39 is 0 Å². The molecule has 0 radical (unpaired) electrons. The van der Waals surface area contributed by atoms with Crippen molar-refractivity contribution in [3.63, 3.8) is 0 Å². The summed E-state index contributed by atoms with van der Waals surface area (Å²) in [6.45, 7) is 0. The van der Waals surface area contributed by atoms with Crippen molar-refractivity contribution in [1.29, 1.82) is 0 Å². The number of carbonyl (C=O) groups is 1. The third kappa shape index (κ3) is 2.45. The molecule has 0 unspecified atom stereocenters. The Labute approximate surface area is 93.4 Å². The van der Waals surface area contributed by atoms with Crippen LogP contribution in [0.4, 0.5) is 5.69 Å². The fourth-order valence-corrected chi connectivity index (χ4v) is 1.93. The molecule has 0 aliphatic carbocycles. The van der Waals surface area contributed by atoms with Crippen LogP contribution in [0.5, 0.6) is 0 Å². The van der Waals surface area contributed by atoms with E-state index in [1.807, 2.05) is 52.9 Å². The summed E-state index contributed by atoms with van der Waals surface area (Å²) in [6.07, 6.45) is 0. The molecule has 2 nitrogen and oxygen atoms in total. The Bertz CT molecular complexity index is 265. The van der Waals surface area contributed by atoms with Gasteiger partial charge in [0, 0.05) is 0 Å². The van der Waals surface area contributed by atoms with Crippen LogP contribution in [0.3, 0.4) is 0 Å². The molecule has 0 atom stereocenters. The number of anilines is 1. The largest absolute Gasteiger partial charge is 0.273 e. The van der Waals surface area contributed by atoms with E-state index in [1.54, 1.807) is 0 Å². The topological polar surface area (TPSA) is 20.3 Å². The van der Waals surface area contributed by atoms with E-state index in [9.17, 15) is 4.79 Å².